The van der Waals surface area contributed by atoms with E-state index in [0.29, 0.717) is 45.6 Å². The van der Waals surface area contributed by atoms with Gasteiger partial charge in [0.1, 0.15) is 17.1 Å². The number of hydrogen-bond acceptors (Lipinski definition) is 7. The maximum Gasteiger partial charge on any atom is 0.319 e. The van der Waals surface area contributed by atoms with Gasteiger partial charge in [0.2, 0.25) is 0 Å². The van der Waals surface area contributed by atoms with E-state index in [1.807, 2.05) is 18.2 Å². The van der Waals surface area contributed by atoms with Crippen molar-refractivity contribution in [1.29, 1.82) is 0 Å². The minimum absolute atomic E-state index is 0.0516. The van der Waals surface area contributed by atoms with Crippen molar-refractivity contribution >= 4 is 39.1 Å². The lowest BCUT2D eigenvalue weighted by atomic mass is 9.96. The predicted octanol–water partition coefficient (Wildman–Crippen LogP) is 6.14. The quantitative estimate of drug-likeness (QED) is 0.269. The van der Waals surface area contributed by atoms with Gasteiger partial charge in [0, 0.05) is 58.5 Å². The van der Waals surface area contributed by atoms with Crippen molar-refractivity contribution in [1.82, 2.24) is 20.2 Å². The number of halogens is 2. The second kappa shape index (κ2) is 10.2. The first-order chi connectivity index (χ1) is 20.4. The molecule has 42 heavy (non-hydrogen) atoms. The highest BCUT2D eigenvalue weighted by Gasteiger charge is 2.45. The van der Waals surface area contributed by atoms with Crippen LogP contribution in [0.3, 0.4) is 0 Å². The van der Waals surface area contributed by atoms with Gasteiger partial charge >= 0.3 is 6.01 Å². The molecule has 3 saturated heterocycles. The smallest absolute Gasteiger partial charge is 0.319 e. The molecule has 0 radical (unpaired) electrons. The van der Waals surface area contributed by atoms with E-state index in [-0.39, 0.29) is 22.7 Å². The maximum atomic E-state index is 16.7. The summed E-state index contributed by atoms with van der Waals surface area (Å²) in [4.78, 5) is 14.4. The van der Waals surface area contributed by atoms with Gasteiger partial charge in [-0.05, 0) is 86.8 Å². The molecule has 2 atom stereocenters. The fraction of sp³-hybridized carbons (Fsp3) is 0.455. The number of anilines is 1. The Bertz CT molecular complexity index is 1680. The highest BCUT2D eigenvalue weighted by molar-refractivity contribution is 6.36. The Hall–Kier alpha value is -3.20. The fourth-order valence-electron chi connectivity index (χ4n) is 7.35. The Kier molecular flexibility index (Phi) is 6.43. The van der Waals surface area contributed by atoms with Gasteiger partial charge in [0.15, 0.2) is 5.82 Å². The molecule has 4 heterocycles. The molecule has 1 saturated carbocycles. The molecule has 9 heteroatoms. The van der Waals surface area contributed by atoms with Crippen LogP contribution < -0.4 is 15.0 Å². The number of nitrogens with one attached hydrogen (secondary N) is 1. The maximum absolute atomic E-state index is 16.7. The average molecular weight is 588 g/mol. The summed E-state index contributed by atoms with van der Waals surface area (Å²) < 4.78 is 23.0. The summed E-state index contributed by atoms with van der Waals surface area (Å²) in [5, 5.41) is 16.8. The fourth-order valence-corrected chi connectivity index (χ4v) is 7.63. The second-order valence-electron chi connectivity index (χ2n) is 12.8. The number of benzene rings is 3. The van der Waals surface area contributed by atoms with E-state index >= 15 is 4.39 Å². The van der Waals surface area contributed by atoms with Crippen molar-refractivity contribution in [2.45, 2.75) is 50.6 Å². The number of aromatic hydroxyl groups is 1. The Morgan fingerprint density at radius 2 is 1.81 bits per heavy atom. The van der Waals surface area contributed by atoms with Crippen LogP contribution in [0.5, 0.6) is 11.8 Å². The van der Waals surface area contributed by atoms with Crippen molar-refractivity contribution in [3.63, 3.8) is 0 Å². The van der Waals surface area contributed by atoms with Crippen molar-refractivity contribution in [3.05, 3.63) is 53.3 Å². The standard InChI is InChI=1S/C33H35ClFN5O2/c34-27-5-3-4-20-14-23(41)15-26(28(20)27)24-8-9-25-30(29(24)35)37-32(38-31(25)40-16-21-6-7-22(17-40)36-21)42-19-33(10-11-33)18-39-12-1-2-13-39/h3-5,8-9,14-15,21-22,36,41H,1-2,6-7,10-13,16-19H2. The SMILES string of the molecule is Oc1cc(-c2ccc3c(N4CC5CCC(C4)N5)nc(OCC4(CN5CCCC5)CC4)nc3c2F)c2c(Cl)cccc2c1. The topological polar surface area (TPSA) is 73.8 Å². The van der Waals surface area contributed by atoms with Crippen molar-refractivity contribution < 1.29 is 14.2 Å². The molecule has 2 unspecified atom stereocenters. The van der Waals surface area contributed by atoms with Crippen molar-refractivity contribution in [2.75, 3.05) is 44.2 Å². The molecule has 4 aliphatic rings. The molecule has 218 valence electrons. The molecule has 1 aromatic heterocycles. The molecule has 4 fully saturated rings. The van der Waals surface area contributed by atoms with Crippen LogP contribution in [-0.4, -0.2) is 71.4 Å². The Balaban J connectivity index is 1.22. The van der Waals surface area contributed by atoms with Crippen LogP contribution in [0.25, 0.3) is 32.8 Å². The number of piperazine rings is 1. The molecule has 2 bridgehead atoms. The first-order valence-corrected chi connectivity index (χ1v) is 15.6. The molecule has 0 amide bonds. The number of hydrogen-bond donors (Lipinski definition) is 2. The van der Waals surface area contributed by atoms with Crippen LogP contribution in [-0.2, 0) is 0 Å². The number of likely N-dealkylation sites (tertiary alicyclic amines) is 1. The van der Waals surface area contributed by atoms with E-state index in [1.165, 1.54) is 12.8 Å². The van der Waals surface area contributed by atoms with Crippen molar-refractivity contribution in [2.24, 2.45) is 5.41 Å². The van der Waals surface area contributed by atoms with Gasteiger partial charge in [-0.3, -0.25) is 0 Å². The largest absolute Gasteiger partial charge is 0.508 e. The summed E-state index contributed by atoms with van der Waals surface area (Å²) in [6.07, 6.45) is 7.07. The molecule has 3 aliphatic heterocycles. The van der Waals surface area contributed by atoms with Crippen LogP contribution in [0, 0.1) is 11.2 Å². The van der Waals surface area contributed by atoms with Crippen LogP contribution in [0.1, 0.15) is 38.5 Å². The van der Waals surface area contributed by atoms with Crippen LogP contribution >= 0.6 is 11.6 Å². The van der Waals surface area contributed by atoms with Crippen molar-refractivity contribution in [3.8, 4) is 22.9 Å². The monoisotopic (exact) mass is 587 g/mol. The molecule has 1 aliphatic carbocycles. The molecule has 8 rings (SSSR count). The Morgan fingerprint density at radius 1 is 1.02 bits per heavy atom. The summed E-state index contributed by atoms with van der Waals surface area (Å²) in [5.41, 5.74) is 1.22. The number of fused-ring (bicyclic) bond motifs is 4. The minimum atomic E-state index is -0.468. The van der Waals surface area contributed by atoms with Gasteiger partial charge in [-0.1, -0.05) is 29.8 Å². The number of nitrogens with zero attached hydrogens (tertiary/aromatic N) is 4. The number of aromatic nitrogens is 2. The van der Waals surface area contributed by atoms with Gasteiger partial charge in [-0.2, -0.15) is 9.97 Å². The van der Waals surface area contributed by atoms with E-state index in [2.05, 4.69) is 15.1 Å². The number of ether oxygens (including phenoxy) is 1. The van der Waals surface area contributed by atoms with Crippen LogP contribution in [0.4, 0.5) is 10.2 Å². The zero-order valence-electron chi connectivity index (χ0n) is 23.6. The normalized spacial score (nSPS) is 23.2. The molecule has 2 N–H and O–H groups in total. The molecule has 0 spiro atoms. The summed E-state index contributed by atoms with van der Waals surface area (Å²) in [7, 11) is 0. The predicted molar refractivity (Wildman–Crippen MR) is 164 cm³/mol. The Morgan fingerprint density at radius 3 is 2.57 bits per heavy atom. The third-order valence-corrected chi connectivity index (χ3v) is 10.0. The lowest BCUT2D eigenvalue weighted by Gasteiger charge is -2.34. The third-order valence-electron chi connectivity index (χ3n) is 9.71. The molecule has 7 nitrogen and oxygen atoms in total. The van der Waals surface area contributed by atoms with Gasteiger partial charge in [0.05, 0.1) is 6.61 Å². The van der Waals surface area contributed by atoms with E-state index < -0.39 is 5.82 Å². The highest BCUT2D eigenvalue weighted by Crippen LogP contribution is 2.47. The Labute approximate surface area is 249 Å². The second-order valence-corrected chi connectivity index (χ2v) is 13.2. The third kappa shape index (κ3) is 4.74. The molecular weight excluding hydrogens is 553 g/mol. The molecular formula is C33H35ClFN5O2. The summed E-state index contributed by atoms with van der Waals surface area (Å²) >= 11 is 6.61. The lowest BCUT2D eigenvalue weighted by Crippen LogP contribution is -2.51. The van der Waals surface area contributed by atoms with E-state index in [0.717, 1.165) is 69.6 Å². The van der Waals surface area contributed by atoms with E-state index in [4.69, 9.17) is 26.3 Å². The molecule has 3 aromatic carbocycles. The summed E-state index contributed by atoms with van der Waals surface area (Å²) in [5.74, 6) is 0.307. The average Bonchev–Trinajstić information content (AvgIpc) is 3.38. The first kappa shape index (κ1) is 26.4. The number of phenolic OH excluding ortho intramolecular Hbond substituents is 1. The highest BCUT2D eigenvalue weighted by atomic mass is 35.5. The van der Waals surface area contributed by atoms with E-state index in [1.54, 1.807) is 24.3 Å². The van der Waals surface area contributed by atoms with Gasteiger partial charge in [-0.25, -0.2) is 4.39 Å². The van der Waals surface area contributed by atoms with Crippen LogP contribution in [0.2, 0.25) is 5.02 Å². The number of rotatable bonds is 7. The van der Waals surface area contributed by atoms with E-state index in [9.17, 15) is 5.11 Å². The minimum Gasteiger partial charge on any atom is -0.508 e. The summed E-state index contributed by atoms with van der Waals surface area (Å²) in [6.45, 7) is 5.53. The number of phenols is 1. The zero-order valence-corrected chi connectivity index (χ0v) is 24.3. The molecule has 4 aromatic rings. The lowest BCUT2D eigenvalue weighted by molar-refractivity contribution is 0.170. The first-order valence-electron chi connectivity index (χ1n) is 15.2. The zero-order chi connectivity index (χ0) is 28.4. The van der Waals surface area contributed by atoms with Crippen LogP contribution in [0.15, 0.2) is 42.5 Å². The van der Waals surface area contributed by atoms with Gasteiger partial charge < -0.3 is 25.0 Å². The van der Waals surface area contributed by atoms with Gasteiger partial charge in [-0.15, -0.1) is 0 Å². The van der Waals surface area contributed by atoms with Gasteiger partial charge in [0.25, 0.3) is 0 Å². The summed E-state index contributed by atoms with van der Waals surface area (Å²) in [6, 6.07) is 13.4.